The molecule has 0 radical (unpaired) electrons. The van der Waals surface area contributed by atoms with Crippen molar-refractivity contribution in [2.45, 2.75) is 19.6 Å². The third kappa shape index (κ3) is 3.18. The van der Waals surface area contributed by atoms with Crippen molar-refractivity contribution in [2.75, 3.05) is 0 Å². The molecule has 0 fully saturated rings. The molecule has 26 heavy (non-hydrogen) atoms. The van der Waals surface area contributed by atoms with Crippen molar-refractivity contribution in [3.63, 3.8) is 0 Å². The molecule has 2 aromatic heterocycles. The van der Waals surface area contributed by atoms with Gasteiger partial charge in [-0.3, -0.25) is 18.5 Å². The van der Waals surface area contributed by atoms with E-state index in [9.17, 15) is 18.4 Å². The maximum absolute atomic E-state index is 12.8. The summed E-state index contributed by atoms with van der Waals surface area (Å²) in [6.07, 6.45) is 1.35. The highest BCUT2D eigenvalue weighted by Gasteiger charge is 2.22. The first kappa shape index (κ1) is 18.0. The second-order valence-corrected chi connectivity index (χ2v) is 6.83. The molecule has 3 aromatic rings. The average Bonchev–Trinajstić information content (AvgIpc) is 3.13. The highest BCUT2D eigenvalue weighted by atomic mass is 32.2. The molecule has 8 nitrogen and oxygen atoms in total. The number of carbonyl (C=O) groups is 1. The zero-order valence-corrected chi connectivity index (χ0v) is 15.2. The molecule has 0 saturated carbocycles. The lowest BCUT2D eigenvalue weighted by Crippen LogP contribution is -2.20. The highest BCUT2D eigenvalue weighted by Crippen LogP contribution is 2.32. The van der Waals surface area contributed by atoms with E-state index >= 15 is 0 Å². The second kappa shape index (κ2) is 6.85. The largest absolute Gasteiger partial charge is 0.772 e. The number of hydrogen-bond acceptors (Lipinski definition) is 6. The fourth-order valence-corrected chi connectivity index (χ4v) is 3.35. The number of aryl methyl sites for hydroxylation is 2. The zero-order valence-electron chi connectivity index (χ0n) is 14.4. The van der Waals surface area contributed by atoms with Crippen molar-refractivity contribution < 1.29 is 18.1 Å². The van der Waals surface area contributed by atoms with E-state index in [2.05, 4.69) is 10.3 Å². The number of H-pyrrole nitrogens is 1. The first-order valence-corrected chi connectivity index (χ1v) is 8.95. The van der Waals surface area contributed by atoms with Gasteiger partial charge in [0.1, 0.15) is 5.56 Å². The molecule has 3 rings (SSSR count). The van der Waals surface area contributed by atoms with Crippen LogP contribution in [-0.4, -0.2) is 29.5 Å². The Hall–Kier alpha value is -2.78. The lowest BCUT2D eigenvalue weighted by atomic mass is 9.92. The van der Waals surface area contributed by atoms with Gasteiger partial charge in [-0.2, -0.15) is 0 Å². The fourth-order valence-electron chi connectivity index (χ4n) is 2.86. The monoisotopic (exact) mass is 374 g/mol. The number of nitrogens with one attached hydrogen (secondary N) is 1. The van der Waals surface area contributed by atoms with E-state index in [1.165, 1.54) is 24.0 Å². The number of aromatic amines is 1. The van der Waals surface area contributed by atoms with E-state index in [4.69, 9.17) is 4.52 Å². The van der Waals surface area contributed by atoms with E-state index in [-0.39, 0.29) is 11.3 Å². The third-order valence-electron chi connectivity index (χ3n) is 4.13. The summed E-state index contributed by atoms with van der Waals surface area (Å²) in [6.45, 7) is 3.43. The Labute approximate surface area is 151 Å². The number of hydrogen-bond donors (Lipinski definition) is 1. The molecule has 0 saturated heterocycles. The van der Waals surface area contributed by atoms with Gasteiger partial charge >= 0.3 is 0 Å². The Morgan fingerprint density at radius 2 is 2.08 bits per heavy atom. The molecule has 136 valence electrons. The van der Waals surface area contributed by atoms with Gasteiger partial charge in [0.05, 0.1) is 5.69 Å². The molecule has 1 N–H and O–H groups in total. The number of ketones is 1. The molecule has 1 atom stereocenters. The predicted octanol–water partition coefficient (Wildman–Crippen LogP) is 1.60. The fraction of sp³-hybridized carbons (Fsp3) is 0.235. The van der Waals surface area contributed by atoms with Gasteiger partial charge in [-0.1, -0.05) is 28.4 Å². The molecular weight excluding hydrogens is 358 g/mol. The predicted molar refractivity (Wildman–Crippen MR) is 93.5 cm³/mol. The maximum atomic E-state index is 12.8. The van der Waals surface area contributed by atoms with E-state index in [0.717, 1.165) is 0 Å². The van der Waals surface area contributed by atoms with Crippen LogP contribution in [0.3, 0.4) is 0 Å². The lowest BCUT2D eigenvalue weighted by molar-refractivity contribution is 0.103. The summed E-state index contributed by atoms with van der Waals surface area (Å²) in [6, 6.07) is 4.75. The van der Waals surface area contributed by atoms with Crippen LogP contribution < -0.4 is 5.56 Å². The molecule has 1 aromatic carbocycles. The van der Waals surface area contributed by atoms with Crippen LogP contribution in [0, 0.1) is 13.8 Å². The molecular formula is C17H16N3O5S-. The molecule has 0 aliphatic carbocycles. The zero-order chi connectivity index (χ0) is 19.0. The van der Waals surface area contributed by atoms with Crippen molar-refractivity contribution in [1.82, 2.24) is 14.9 Å². The Bertz CT molecular complexity index is 1080. The second-order valence-electron chi connectivity index (χ2n) is 5.93. The lowest BCUT2D eigenvalue weighted by Gasteiger charge is -2.14. The first-order chi connectivity index (χ1) is 12.3. The molecule has 1 unspecified atom stereocenters. The van der Waals surface area contributed by atoms with Crippen molar-refractivity contribution in [1.29, 1.82) is 0 Å². The highest BCUT2D eigenvalue weighted by molar-refractivity contribution is 7.78. The van der Waals surface area contributed by atoms with Crippen LogP contribution in [0.25, 0.3) is 11.3 Å². The van der Waals surface area contributed by atoms with Gasteiger partial charge in [-0.25, -0.2) is 0 Å². The summed E-state index contributed by atoms with van der Waals surface area (Å²) in [5.41, 5.74) is 2.01. The van der Waals surface area contributed by atoms with Gasteiger partial charge in [0.2, 0.25) is 0 Å². The van der Waals surface area contributed by atoms with E-state index < -0.39 is 22.4 Å². The molecule has 0 aliphatic heterocycles. The van der Waals surface area contributed by atoms with E-state index in [0.29, 0.717) is 33.7 Å². The summed E-state index contributed by atoms with van der Waals surface area (Å²) in [5, 5.41) is 6.50. The number of nitrogens with zero attached hydrogens (tertiary/aromatic N) is 2. The van der Waals surface area contributed by atoms with Crippen LogP contribution in [0.4, 0.5) is 0 Å². The summed E-state index contributed by atoms with van der Waals surface area (Å²) in [7, 11) is 1.52. The number of aromatic nitrogens is 3. The molecule has 0 spiro atoms. The van der Waals surface area contributed by atoms with Gasteiger partial charge < -0.3 is 14.2 Å². The molecule has 0 aliphatic rings. The minimum atomic E-state index is -2.31. The summed E-state index contributed by atoms with van der Waals surface area (Å²) < 4.78 is 28.9. The molecule has 2 heterocycles. The van der Waals surface area contributed by atoms with Gasteiger partial charge in [0, 0.05) is 36.2 Å². The Morgan fingerprint density at radius 3 is 2.62 bits per heavy atom. The number of benzene rings is 1. The summed E-state index contributed by atoms with van der Waals surface area (Å²) in [5.74, 6) is -0.301. The summed E-state index contributed by atoms with van der Waals surface area (Å²) in [4.78, 5) is 24.9. The van der Waals surface area contributed by atoms with Crippen LogP contribution in [0.15, 0.2) is 33.7 Å². The number of rotatable bonds is 5. The maximum Gasteiger partial charge on any atom is 0.277 e. The molecule has 9 heteroatoms. The van der Waals surface area contributed by atoms with Crippen molar-refractivity contribution in [3.05, 3.63) is 62.7 Å². The SMILES string of the molecule is Cc1cc(-c2c(CS(=O)[O-])ccc(C(=O)c3c[nH]n(C)c3=O)c2C)on1. The average molecular weight is 374 g/mol. The van der Waals surface area contributed by atoms with Gasteiger partial charge in [0.15, 0.2) is 11.5 Å². The molecule has 0 amide bonds. The normalized spacial score (nSPS) is 12.3. The van der Waals surface area contributed by atoms with E-state index in [1.54, 1.807) is 26.0 Å². The van der Waals surface area contributed by atoms with E-state index in [1.807, 2.05) is 0 Å². The van der Waals surface area contributed by atoms with Crippen LogP contribution >= 0.6 is 0 Å². The van der Waals surface area contributed by atoms with Crippen molar-refractivity contribution >= 4 is 16.9 Å². The first-order valence-electron chi connectivity index (χ1n) is 7.70. The van der Waals surface area contributed by atoms with Crippen LogP contribution in [0.5, 0.6) is 0 Å². The minimum Gasteiger partial charge on any atom is -0.772 e. The van der Waals surface area contributed by atoms with Gasteiger partial charge in [-0.05, 0) is 25.0 Å². The quantitative estimate of drug-likeness (QED) is 0.535. The van der Waals surface area contributed by atoms with Crippen LogP contribution in [-0.2, 0) is 23.9 Å². The van der Waals surface area contributed by atoms with Crippen LogP contribution in [0.2, 0.25) is 0 Å². The Balaban J connectivity index is 2.19. The van der Waals surface area contributed by atoms with Gasteiger partial charge in [-0.15, -0.1) is 0 Å². The van der Waals surface area contributed by atoms with Crippen molar-refractivity contribution in [2.24, 2.45) is 7.05 Å². The van der Waals surface area contributed by atoms with Gasteiger partial charge in [0.25, 0.3) is 5.56 Å². The topological polar surface area (TPSA) is 121 Å². The third-order valence-corrected chi connectivity index (χ3v) is 4.67. The van der Waals surface area contributed by atoms with Crippen LogP contribution in [0.1, 0.15) is 32.7 Å². The number of carbonyl (C=O) groups excluding carboxylic acids is 1. The Morgan fingerprint density at radius 1 is 1.35 bits per heavy atom. The van der Waals surface area contributed by atoms with Crippen molar-refractivity contribution in [3.8, 4) is 11.3 Å². The smallest absolute Gasteiger partial charge is 0.277 e. The Kier molecular flexibility index (Phi) is 4.75. The summed E-state index contributed by atoms with van der Waals surface area (Å²) >= 11 is -2.31. The standard InChI is InChI=1S/C17H17N3O5S/c1-9-6-14(25-19-9)15-10(2)12(5-4-11(15)8-26(23)24)16(21)13-7-18-20(3)17(13)22/h4-7,18H,8H2,1-3H3,(H,23,24)/p-1. The molecule has 0 bridgehead atoms. The minimum absolute atomic E-state index is 0.00968.